The van der Waals surface area contributed by atoms with Crippen LogP contribution in [0.1, 0.15) is 33.2 Å². The number of hydrogen-bond donors (Lipinski definition) is 2. The highest BCUT2D eigenvalue weighted by Gasteiger charge is 2.10. The molecule has 0 spiro atoms. The summed E-state index contributed by atoms with van der Waals surface area (Å²) in [6, 6.07) is 21.1. The zero-order valence-corrected chi connectivity index (χ0v) is 16.0. The lowest BCUT2D eigenvalue weighted by Gasteiger charge is -2.07. The lowest BCUT2D eigenvalue weighted by molar-refractivity contribution is -0.384. The van der Waals surface area contributed by atoms with Crippen LogP contribution in [0.5, 0.6) is 0 Å². The predicted molar refractivity (Wildman–Crippen MR) is 114 cm³/mol. The molecule has 0 fully saturated rings. The smallest absolute Gasteiger partial charge is 0.271 e. The van der Waals surface area contributed by atoms with E-state index in [0.29, 0.717) is 28.1 Å². The second-order valence-corrected chi connectivity index (χ2v) is 6.34. The number of carbonyl (C=O) groups excluding carboxylic acids is 2. The molecule has 3 rings (SSSR count). The van der Waals surface area contributed by atoms with E-state index in [1.54, 1.807) is 67.6 Å². The van der Waals surface area contributed by atoms with Gasteiger partial charge in [-0.3, -0.25) is 19.7 Å². The zero-order chi connectivity index (χ0) is 21.5. The van der Waals surface area contributed by atoms with E-state index in [1.807, 2.05) is 6.07 Å². The third-order valence-electron chi connectivity index (χ3n) is 4.24. The Kier molecular flexibility index (Phi) is 6.29. The summed E-state index contributed by atoms with van der Waals surface area (Å²) in [6.07, 6.45) is 0. The number of nitro benzene ring substituents is 1. The molecule has 0 saturated carbocycles. The van der Waals surface area contributed by atoms with Crippen LogP contribution in [0.15, 0.2) is 84.0 Å². The molecule has 0 aromatic heterocycles. The van der Waals surface area contributed by atoms with Gasteiger partial charge in [-0.1, -0.05) is 30.3 Å². The predicted octanol–water partition coefficient (Wildman–Crippen LogP) is 4.00. The number of amides is 2. The molecule has 8 nitrogen and oxygen atoms in total. The van der Waals surface area contributed by atoms with E-state index in [1.165, 1.54) is 12.1 Å². The third-order valence-corrected chi connectivity index (χ3v) is 4.24. The largest absolute Gasteiger partial charge is 0.322 e. The number of hydrazone groups is 1. The maximum absolute atomic E-state index is 12.3. The highest BCUT2D eigenvalue weighted by atomic mass is 16.6. The first-order valence-electron chi connectivity index (χ1n) is 9.00. The monoisotopic (exact) mass is 402 g/mol. The zero-order valence-electron chi connectivity index (χ0n) is 16.0. The molecule has 8 heteroatoms. The minimum atomic E-state index is -0.493. The molecule has 30 heavy (non-hydrogen) atoms. The van der Waals surface area contributed by atoms with Gasteiger partial charge in [-0.15, -0.1) is 0 Å². The average molecular weight is 402 g/mol. The molecule has 0 bridgehead atoms. The summed E-state index contributed by atoms with van der Waals surface area (Å²) in [4.78, 5) is 34.8. The average Bonchev–Trinajstić information content (AvgIpc) is 2.78. The summed E-state index contributed by atoms with van der Waals surface area (Å²) in [5.41, 5.74) is 4.77. The van der Waals surface area contributed by atoms with Crippen LogP contribution in [0.3, 0.4) is 0 Å². The fourth-order valence-electron chi connectivity index (χ4n) is 2.61. The molecule has 0 atom stereocenters. The Morgan fingerprint density at radius 2 is 1.47 bits per heavy atom. The Morgan fingerprint density at radius 1 is 0.833 bits per heavy atom. The summed E-state index contributed by atoms with van der Waals surface area (Å²) in [6.45, 7) is 1.64. The van der Waals surface area contributed by atoms with E-state index < -0.39 is 10.8 Å². The van der Waals surface area contributed by atoms with Crippen molar-refractivity contribution in [1.29, 1.82) is 0 Å². The van der Waals surface area contributed by atoms with Gasteiger partial charge in [-0.2, -0.15) is 5.10 Å². The fraction of sp³-hybridized carbons (Fsp3) is 0.0455. The van der Waals surface area contributed by atoms with E-state index in [0.717, 1.165) is 0 Å². The highest BCUT2D eigenvalue weighted by molar-refractivity contribution is 6.04. The van der Waals surface area contributed by atoms with Crippen LogP contribution in [0.4, 0.5) is 11.4 Å². The van der Waals surface area contributed by atoms with Gasteiger partial charge in [0.2, 0.25) is 0 Å². The molecule has 2 amide bonds. The van der Waals surface area contributed by atoms with Gasteiger partial charge in [0.25, 0.3) is 17.5 Å². The Balaban J connectivity index is 1.63. The maximum atomic E-state index is 12.3. The number of anilines is 1. The molecular formula is C22H18N4O4. The molecule has 0 aliphatic heterocycles. The number of nitrogens with one attached hydrogen (secondary N) is 2. The van der Waals surface area contributed by atoms with E-state index in [-0.39, 0.29) is 11.6 Å². The maximum Gasteiger partial charge on any atom is 0.271 e. The molecule has 3 aromatic carbocycles. The summed E-state index contributed by atoms with van der Waals surface area (Å²) in [5.74, 6) is -0.689. The van der Waals surface area contributed by atoms with Crippen molar-refractivity contribution in [2.75, 3.05) is 5.32 Å². The quantitative estimate of drug-likeness (QED) is 0.368. The molecule has 2 N–H and O–H groups in total. The molecule has 0 aliphatic carbocycles. The van der Waals surface area contributed by atoms with Crippen LogP contribution in [-0.2, 0) is 0 Å². The van der Waals surface area contributed by atoms with Crippen LogP contribution in [0.2, 0.25) is 0 Å². The minimum absolute atomic E-state index is 0.0542. The first-order chi connectivity index (χ1) is 14.4. The molecule has 0 heterocycles. The van der Waals surface area contributed by atoms with E-state index >= 15 is 0 Å². The number of non-ortho nitro benzene ring substituents is 1. The number of nitrogens with zero attached hydrogens (tertiary/aromatic N) is 2. The second-order valence-electron chi connectivity index (χ2n) is 6.34. The Hall–Kier alpha value is -4.33. The number of nitro groups is 1. The van der Waals surface area contributed by atoms with Gasteiger partial charge in [0, 0.05) is 34.5 Å². The first kappa shape index (κ1) is 20.4. The summed E-state index contributed by atoms with van der Waals surface area (Å²) in [5, 5.41) is 17.6. The summed E-state index contributed by atoms with van der Waals surface area (Å²) >= 11 is 0. The van der Waals surface area contributed by atoms with Crippen molar-refractivity contribution >= 4 is 28.9 Å². The number of benzene rings is 3. The SMILES string of the molecule is C/C(=N\NC(=O)c1ccc(NC(=O)c2ccccc2)cc1)c1cccc([N+](=O)[O-])c1. The normalized spacial score (nSPS) is 10.9. The fourth-order valence-corrected chi connectivity index (χ4v) is 2.61. The first-order valence-corrected chi connectivity index (χ1v) is 9.00. The van der Waals surface area contributed by atoms with Crippen molar-refractivity contribution in [3.63, 3.8) is 0 Å². The minimum Gasteiger partial charge on any atom is -0.322 e. The Morgan fingerprint density at radius 3 is 2.13 bits per heavy atom. The van der Waals surface area contributed by atoms with Gasteiger partial charge in [-0.05, 0) is 43.3 Å². The van der Waals surface area contributed by atoms with Gasteiger partial charge >= 0.3 is 0 Å². The second kappa shape index (κ2) is 9.24. The van der Waals surface area contributed by atoms with Crippen molar-refractivity contribution in [1.82, 2.24) is 5.43 Å². The van der Waals surface area contributed by atoms with Gasteiger partial charge in [0.05, 0.1) is 10.6 Å². The number of hydrogen-bond acceptors (Lipinski definition) is 5. The van der Waals surface area contributed by atoms with Gasteiger partial charge in [0.15, 0.2) is 0 Å². The molecule has 0 unspecified atom stereocenters. The molecular weight excluding hydrogens is 384 g/mol. The van der Waals surface area contributed by atoms with Crippen molar-refractivity contribution in [3.8, 4) is 0 Å². The highest BCUT2D eigenvalue weighted by Crippen LogP contribution is 2.14. The lowest BCUT2D eigenvalue weighted by Crippen LogP contribution is -2.19. The molecule has 0 radical (unpaired) electrons. The lowest BCUT2D eigenvalue weighted by atomic mass is 10.1. The van der Waals surface area contributed by atoms with Crippen molar-refractivity contribution in [2.45, 2.75) is 6.92 Å². The Labute approximate surface area is 172 Å². The van der Waals surface area contributed by atoms with E-state index in [9.17, 15) is 19.7 Å². The van der Waals surface area contributed by atoms with Crippen LogP contribution in [0.25, 0.3) is 0 Å². The molecule has 3 aromatic rings. The number of rotatable bonds is 6. The van der Waals surface area contributed by atoms with Crippen LogP contribution in [0, 0.1) is 10.1 Å². The molecule has 0 aliphatic rings. The van der Waals surface area contributed by atoms with Gasteiger partial charge in [0.1, 0.15) is 0 Å². The topological polar surface area (TPSA) is 114 Å². The summed E-state index contributed by atoms with van der Waals surface area (Å²) < 4.78 is 0. The van der Waals surface area contributed by atoms with Gasteiger partial charge < -0.3 is 5.32 Å². The molecule has 150 valence electrons. The van der Waals surface area contributed by atoms with Crippen molar-refractivity contribution < 1.29 is 14.5 Å². The van der Waals surface area contributed by atoms with Crippen LogP contribution >= 0.6 is 0 Å². The summed E-state index contributed by atoms with van der Waals surface area (Å²) in [7, 11) is 0. The van der Waals surface area contributed by atoms with E-state index in [2.05, 4.69) is 15.8 Å². The number of carbonyl (C=O) groups is 2. The Bertz CT molecular complexity index is 1110. The van der Waals surface area contributed by atoms with Crippen LogP contribution < -0.4 is 10.7 Å². The van der Waals surface area contributed by atoms with Crippen LogP contribution in [-0.4, -0.2) is 22.4 Å². The third kappa shape index (κ3) is 5.14. The van der Waals surface area contributed by atoms with E-state index in [4.69, 9.17) is 0 Å². The van der Waals surface area contributed by atoms with Crippen molar-refractivity contribution in [3.05, 3.63) is 106 Å². The van der Waals surface area contributed by atoms with Gasteiger partial charge in [-0.25, -0.2) is 5.43 Å². The molecule has 0 saturated heterocycles. The standard InChI is InChI=1S/C22H18N4O4/c1-15(18-8-5-9-20(14-18)26(29)30)24-25-22(28)17-10-12-19(13-11-17)23-21(27)16-6-3-2-4-7-16/h2-14H,1H3,(H,23,27)(H,25,28)/b24-15+. The van der Waals surface area contributed by atoms with Crippen molar-refractivity contribution in [2.24, 2.45) is 5.10 Å².